The van der Waals surface area contributed by atoms with Gasteiger partial charge in [0, 0.05) is 13.1 Å². The van der Waals surface area contributed by atoms with Crippen LogP contribution >= 0.6 is 0 Å². The number of hydrogen-bond acceptors (Lipinski definition) is 2. The average molecular weight is 314 g/mol. The lowest BCUT2D eigenvalue weighted by Gasteiger charge is -2.33. The Morgan fingerprint density at radius 3 is 2.48 bits per heavy atom. The van der Waals surface area contributed by atoms with E-state index in [2.05, 4.69) is 41.8 Å². The maximum Gasteiger partial charge on any atom is 0.237 e. The van der Waals surface area contributed by atoms with Gasteiger partial charge in [0.05, 0.1) is 6.54 Å². The van der Waals surface area contributed by atoms with Gasteiger partial charge < -0.3 is 4.90 Å². The van der Waals surface area contributed by atoms with Crippen molar-refractivity contribution in [3.05, 3.63) is 48.0 Å². The van der Waals surface area contributed by atoms with Crippen LogP contribution in [-0.4, -0.2) is 48.4 Å². The second-order valence-corrected chi connectivity index (χ2v) is 6.77. The van der Waals surface area contributed by atoms with E-state index in [0.717, 1.165) is 31.1 Å². The van der Waals surface area contributed by atoms with Gasteiger partial charge in [-0.25, -0.2) is 0 Å². The fourth-order valence-electron chi connectivity index (χ4n) is 3.29. The summed E-state index contributed by atoms with van der Waals surface area (Å²) < 4.78 is 0. The molecule has 1 aliphatic rings. The normalized spacial score (nSPS) is 16.3. The maximum atomic E-state index is 12.4. The summed E-state index contributed by atoms with van der Waals surface area (Å²) in [6.45, 7) is 12.0. The molecule has 1 heterocycles. The zero-order valence-corrected chi connectivity index (χ0v) is 14.6. The minimum Gasteiger partial charge on any atom is -0.338 e. The summed E-state index contributed by atoms with van der Waals surface area (Å²) in [4.78, 5) is 16.6. The van der Waals surface area contributed by atoms with Gasteiger partial charge in [-0.05, 0) is 57.7 Å². The van der Waals surface area contributed by atoms with Gasteiger partial charge in [0.25, 0.3) is 0 Å². The van der Waals surface area contributed by atoms with Gasteiger partial charge in [-0.15, -0.1) is 0 Å². The first-order chi connectivity index (χ1) is 11.1. The van der Waals surface area contributed by atoms with Gasteiger partial charge in [-0.3, -0.25) is 9.69 Å². The van der Waals surface area contributed by atoms with Crippen LogP contribution in [0.2, 0.25) is 0 Å². The Kier molecular flexibility index (Phi) is 6.85. The van der Waals surface area contributed by atoms with Crippen molar-refractivity contribution in [2.24, 2.45) is 5.92 Å². The molecule has 3 nitrogen and oxygen atoms in total. The first-order valence-corrected chi connectivity index (χ1v) is 8.77. The molecule has 1 aromatic carbocycles. The van der Waals surface area contributed by atoms with Crippen LogP contribution in [0.25, 0.3) is 0 Å². The highest BCUT2D eigenvalue weighted by Crippen LogP contribution is 2.21. The predicted molar refractivity (Wildman–Crippen MR) is 96.4 cm³/mol. The highest BCUT2D eigenvalue weighted by atomic mass is 16.2. The zero-order chi connectivity index (χ0) is 16.7. The predicted octanol–water partition coefficient (Wildman–Crippen LogP) is 3.37. The monoisotopic (exact) mass is 314 g/mol. The molecule has 0 saturated carbocycles. The number of likely N-dealkylation sites (N-methyl/N-ethyl adjacent to an activating group) is 1. The number of piperidine rings is 1. The van der Waals surface area contributed by atoms with Crippen LogP contribution in [0.5, 0.6) is 0 Å². The number of benzene rings is 1. The standard InChI is InChI=1S/C20H30N2O/c1-4-22(15-17(2)3)20(23)16-21-12-10-19(11-13-21)14-18-8-6-5-7-9-18/h5-9,19H,2,4,10-16H2,1,3H3. The van der Waals surface area contributed by atoms with Crippen molar-refractivity contribution in [1.29, 1.82) is 0 Å². The summed E-state index contributed by atoms with van der Waals surface area (Å²) in [7, 11) is 0. The van der Waals surface area contributed by atoms with E-state index in [0.29, 0.717) is 13.1 Å². The smallest absolute Gasteiger partial charge is 0.237 e. The van der Waals surface area contributed by atoms with Gasteiger partial charge in [-0.1, -0.05) is 42.5 Å². The van der Waals surface area contributed by atoms with Gasteiger partial charge in [-0.2, -0.15) is 0 Å². The molecule has 0 aromatic heterocycles. The molecule has 1 fully saturated rings. The molecular formula is C20H30N2O. The zero-order valence-electron chi connectivity index (χ0n) is 14.6. The third-order valence-electron chi connectivity index (χ3n) is 4.63. The van der Waals surface area contributed by atoms with Crippen molar-refractivity contribution in [1.82, 2.24) is 9.80 Å². The molecule has 1 saturated heterocycles. The minimum absolute atomic E-state index is 0.233. The van der Waals surface area contributed by atoms with Crippen LogP contribution < -0.4 is 0 Å². The van der Waals surface area contributed by atoms with Crippen LogP contribution in [0.1, 0.15) is 32.3 Å². The molecule has 1 aliphatic heterocycles. The minimum atomic E-state index is 0.233. The largest absolute Gasteiger partial charge is 0.338 e. The Balaban J connectivity index is 1.75. The van der Waals surface area contributed by atoms with E-state index in [1.165, 1.54) is 24.8 Å². The van der Waals surface area contributed by atoms with Gasteiger partial charge >= 0.3 is 0 Å². The fraction of sp³-hybridized carbons (Fsp3) is 0.550. The summed E-state index contributed by atoms with van der Waals surface area (Å²) in [5, 5.41) is 0. The van der Waals surface area contributed by atoms with Gasteiger partial charge in [0.15, 0.2) is 0 Å². The number of hydrogen-bond donors (Lipinski definition) is 0. The lowest BCUT2D eigenvalue weighted by molar-refractivity contribution is -0.132. The molecule has 0 N–H and O–H groups in total. The van der Waals surface area contributed by atoms with E-state index in [1.54, 1.807) is 0 Å². The molecule has 126 valence electrons. The number of nitrogens with zero attached hydrogens (tertiary/aromatic N) is 2. The summed E-state index contributed by atoms with van der Waals surface area (Å²) in [6, 6.07) is 10.7. The van der Waals surface area contributed by atoms with Crippen LogP contribution in [0, 0.1) is 5.92 Å². The molecule has 0 atom stereocenters. The highest BCUT2D eigenvalue weighted by Gasteiger charge is 2.22. The molecule has 0 unspecified atom stereocenters. The Morgan fingerprint density at radius 1 is 1.26 bits per heavy atom. The molecule has 0 bridgehead atoms. The molecule has 23 heavy (non-hydrogen) atoms. The van der Waals surface area contributed by atoms with Crippen molar-refractivity contribution in [3.8, 4) is 0 Å². The number of likely N-dealkylation sites (tertiary alicyclic amines) is 1. The number of carbonyl (C=O) groups is 1. The topological polar surface area (TPSA) is 23.6 Å². The molecular weight excluding hydrogens is 284 g/mol. The highest BCUT2D eigenvalue weighted by molar-refractivity contribution is 5.78. The second-order valence-electron chi connectivity index (χ2n) is 6.77. The lowest BCUT2D eigenvalue weighted by Crippen LogP contribution is -2.44. The van der Waals surface area contributed by atoms with Crippen LogP contribution in [0.3, 0.4) is 0 Å². The third kappa shape index (κ3) is 5.83. The van der Waals surface area contributed by atoms with Crippen LogP contribution in [0.15, 0.2) is 42.5 Å². The molecule has 0 aliphatic carbocycles. The van der Waals surface area contributed by atoms with Crippen molar-refractivity contribution in [2.75, 3.05) is 32.7 Å². The van der Waals surface area contributed by atoms with Crippen molar-refractivity contribution >= 4 is 5.91 Å². The lowest BCUT2D eigenvalue weighted by atomic mass is 9.90. The summed E-state index contributed by atoms with van der Waals surface area (Å²) >= 11 is 0. The SMILES string of the molecule is C=C(C)CN(CC)C(=O)CN1CCC(Cc2ccccc2)CC1. The fourth-order valence-corrected chi connectivity index (χ4v) is 3.29. The van der Waals surface area contributed by atoms with E-state index in [1.807, 2.05) is 18.7 Å². The van der Waals surface area contributed by atoms with Crippen LogP contribution in [0.4, 0.5) is 0 Å². The molecule has 3 heteroatoms. The Bertz CT molecular complexity index is 504. The Hall–Kier alpha value is -1.61. The van der Waals surface area contributed by atoms with Crippen molar-refractivity contribution in [2.45, 2.75) is 33.1 Å². The number of amides is 1. The van der Waals surface area contributed by atoms with Crippen molar-refractivity contribution in [3.63, 3.8) is 0 Å². The average Bonchev–Trinajstić information content (AvgIpc) is 2.55. The third-order valence-corrected chi connectivity index (χ3v) is 4.63. The Morgan fingerprint density at radius 2 is 1.91 bits per heavy atom. The van der Waals surface area contributed by atoms with E-state index >= 15 is 0 Å². The molecule has 1 aromatic rings. The van der Waals surface area contributed by atoms with Gasteiger partial charge in [0.2, 0.25) is 5.91 Å². The summed E-state index contributed by atoms with van der Waals surface area (Å²) in [6.07, 6.45) is 3.54. The summed E-state index contributed by atoms with van der Waals surface area (Å²) in [5.41, 5.74) is 2.47. The number of carbonyl (C=O) groups excluding carboxylic acids is 1. The van der Waals surface area contributed by atoms with E-state index in [-0.39, 0.29) is 5.91 Å². The molecule has 0 spiro atoms. The molecule has 1 amide bonds. The quantitative estimate of drug-likeness (QED) is 0.721. The number of rotatable bonds is 7. The Labute approximate surface area is 141 Å². The van der Waals surface area contributed by atoms with E-state index in [9.17, 15) is 4.79 Å². The van der Waals surface area contributed by atoms with Crippen LogP contribution in [-0.2, 0) is 11.2 Å². The van der Waals surface area contributed by atoms with Crippen molar-refractivity contribution < 1.29 is 4.79 Å². The first-order valence-electron chi connectivity index (χ1n) is 8.77. The van der Waals surface area contributed by atoms with E-state index < -0.39 is 0 Å². The summed E-state index contributed by atoms with van der Waals surface area (Å²) in [5.74, 6) is 0.985. The van der Waals surface area contributed by atoms with Gasteiger partial charge in [0.1, 0.15) is 0 Å². The molecule has 2 rings (SSSR count). The first kappa shape index (κ1) is 17.7. The maximum absolute atomic E-state index is 12.4. The molecule has 0 radical (unpaired) electrons. The van der Waals surface area contributed by atoms with E-state index in [4.69, 9.17) is 0 Å². The second kappa shape index (κ2) is 8.88.